The van der Waals surface area contributed by atoms with Crippen molar-refractivity contribution in [2.24, 2.45) is 11.8 Å². The Labute approximate surface area is 207 Å². The molecule has 3 saturated heterocycles. The van der Waals surface area contributed by atoms with E-state index in [0.29, 0.717) is 25.7 Å². The topological polar surface area (TPSA) is 105 Å². The zero-order valence-corrected chi connectivity index (χ0v) is 21.4. The number of carbonyl (C=O) groups is 3. The number of benzene rings is 1. The number of hydrogen-bond acceptors (Lipinski definition) is 6. The minimum Gasteiger partial charge on any atom is -0.466 e. The molecule has 0 saturated carbocycles. The van der Waals surface area contributed by atoms with Crippen LogP contribution < -0.4 is 5.32 Å². The Balaban J connectivity index is 1.80. The quantitative estimate of drug-likeness (QED) is 0.546. The van der Waals surface area contributed by atoms with Gasteiger partial charge in [0.15, 0.2) is 0 Å². The molecule has 2 bridgehead atoms. The summed E-state index contributed by atoms with van der Waals surface area (Å²) in [5.41, 5.74) is -1.55. The summed E-state index contributed by atoms with van der Waals surface area (Å²) in [6.45, 7) is 9.23. The van der Waals surface area contributed by atoms with E-state index in [1.54, 1.807) is 6.92 Å². The summed E-state index contributed by atoms with van der Waals surface area (Å²) < 4.78 is 12.1. The summed E-state index contributed by atoms with van der Waals surface area (Å²) in [5.74, 6) is -2.69. The SMILES string of the molecule is CCOC(=O)[C@H]1[C@H]2C(=O)N([C@@H](CO)Cc3ccccc3)C(C(=O)NC(C)(C)C)C23CC[C@]1(CC)O3. The molecule has 2 N–H and O–H groups in total. The third-order valence-electron chi connectivity index (χ3n) is 7.82. The molecule has 3 fully saturated rings. The van der Waals surface area contributed by atoms with Crippen LogP contribution in [0.25, 0.3) is 0 Å². The molecule has 4 rings (SSSR count). The second-order valence-corrected chi connectivity index (χ2v) is 11.1. The molecular formula is C27H38N2O6. The van der Waals surface area contributed by atoms with Gasteiger partial charge in [0.05, 0.1) is 30.8 Å². The number of carbonyl (C=O) groups excluding carboxylic acids is 3. The molecule has 0 aliphatic carbocycles. The maximum absolute atomic E-state index is 14.2. The monoisotopic (exact) mass is 486 g/mol. The van der Waals surface area contributed by atoms with Gasteiger partial charge in [-0.15, -0.1) is 0 Å². The molecule has 1 aromatic rings. The van der Waals surface area contributed by atoms with E-state index in [0.717, 1.165) is 5.56 Å². The lowest BCUT2D eigenvalue weighted by Gasteiger charge is -2.38. The van der Waals surface area contributed by atoms with Crippen molar-refractivity contribution in [3.05, 3.63) is 35.9 Å². The third kappa shape index (κ3) is 4.14. The van der Waals surface area contributed by atoms with E-state index in [2.05, 4.69) is 5.32 Å². The zero-order valence-electron chi connectivity index (χ0n) is 21.4. The van der Waals surface area contributed by atoms with E-state index in [1.807, 2.05) is 58.0 Å². The number of esters is 1. The van der Waals surface area contributed by atoms with Crippen LogP contribution in [0.2, 0.25) is 0 Å². The van der Waals surface area contributed by atoms with Crippen LogP contribution in [0.5, 0.6) is 0 Å². The second-order valence-electron chi connectivity index (χ2n) is 11.1. The molecule has 6 atom stereocenters. The summed E-state index contributed by atoms with van der Waals surface area (Å²) in [6.07, 6.45) is 2.00. The van der Waals surface area contributed by atoms with Crippen molar-refractivity contribution in [3.8, 4) is 0 Å². The average molecular weight is 487 g/mol. The molecule has 2 amide bonds. The number of nitrogens with one attached hydrogen (secondary N) is 1. The van der Waals surface area contributed by atoms with Gasteiger partial charge < -0.3 is 24.8 Å². The Morgan fingerprint density at radius 3 is 2.49 bits per heavy atom. The Morgan fingerprint density at radius 2 is 1.91 bits per heavy atom. The highest BCUT2D eigenvalue weighted by molar-refractivity contribution is 5.99. The van der Waals surface area contributed by atoms with Gasteiger partial charge in [0.25, 0.3) is 0 Å². The van der Waals surface area contributed by atoms with Crippen LogP contribution in [0, 0.1) is 11.8 Å². The molecule has 3 aliphatic rings. The minimum atomic E-state index is -1.13. The Bertz CT molecular complexity index is 976. The van der Waals surface area contributed by atoms with Crippen LogP contribution in [0.3, 0.4) is 0 Å². The predicted molar refractivity (Wildman–Crippen MR) is 129 cm³/mol. The van der Waals surface area contributed by atoms with Gasteiger partial charge in [0.2, 0.25) is 11.8 Å². The van der Waals surface area contributed by atoms with Crippen molar-refractivity contribution in [3.63, 3.8) is 0 Å². The number of nitrogens with zero attached hydrogens (tertiary/aromatic N) is 1. The maximum Gasteiger partial charge on any atom is 0.312 e. The van der Waals surface area contributed by atoms with Crippen molar-refractivity contribution in [2.45, 2.75) is 89.1 Å². The molecule has 0 radical (unpaired) electrons. The molecule has 35 heavy (non-hydrogen) atoms. The molecule has 1 spiro atoms. The molecule has 2 unspecified atom stereocenters. The Morgan fingerprint density at radius 1 is 1.23 bits per heavy atom. The van der Waals surface area contributed by atoms with Gasteiger partial charge in [0.1, 0.15) is 17.6 Å². The Hall–Kier alpha value is -2.45. The summed E-state index contributed by atoms with van der Waals surface area (Å²) in [7, 11) is 0. The number of aliphatic hydroxyl groups is 1. The fourth-order valence-electron chi connectivity index (χ4n) is 6.51. The summed E-state index contributed by atoms with van der Waals surface area (Å²) in [5, 5.41) is 13.5. The van der Waals surface area contributed by atoms with Crippen LogP contribution in [-0.2, 0) is 30.3 Å². The number of hydrogen-bond donors (Lipinski definition) is 2. The number of ether oxygens (including phenoxy) is 2. The van der Waals surface area contributed by atoms with Crippen molar-refractivity contribution < 1.29 is 29.0 Å². The first-order valence-electron chi connectivity index (χ1n) is 12.7. The Kier molecular flexibility index (Phi) is 6.74. The van der Waals surface area contributed by atoms with E-state index in [1.165, 1.54) is 4.90 Å². The minimum absolute atomic E-state index is 0.202. The first-order valence-corrected chi connectivity index (χ1v) is 12.7. The fraction of sp³-hybridized carbons (Fsp3) is 0.667. The molecule has 0 aromatic heterocycles. The fourth-order valence-corrected chi connectivity index (χ4v) is 6.51. The lowest BCUT2D eigenvalue weighted by atomic mass is 9.65. The first-order chi connectivity index (χ1) is 16.5. The van der Waals surface area contributed by atoms with E-state index in [9.17, 15) is 19.5 Å². The van der Waals surface area contributed by atoms with Crippen LogP contribution in [0.15, 0.2) is 30.3 Å². The van der Waals surface area contributed by atoms with Gasteiger partial charge in [-0.1, -0.05) is 37.3 Å². The smallest absolute Gasteiger partial charge is 0.312 e. The van der Waals surface area contributed by atoms with Crippen LogP contribution >= 0.6 is 0 Å². The lowest BCUT2D eigenvalue weighted by Crippen LogP contribution is -2.60. The van der Waals surface area contributed by atoms with Gasteiger partial charge >= 0.3 is 5.97 Å². The summed E-state index contributed by atoms with van der Waals surface area (Å²) in [4.78, 5) is 42.7. The van der Waals surface area contributed by atoms with Crippen LogP contribution in [0.4, 0.5) is 0 Å². The number of fused-ring (bicyclic) bond motifs is 1. The third-order valence-corrected chi connectivity index (χ3v) is 7.82. The highest BCUT2D eigenvalue weighted by Gasteiger charge is 2.79. The van der Waals surface area contributed by atoms with Crippen molar-refractivity contribution >= 4 is 17.8 Å². The lowest BCUT2D eigenvalue weighted by molar-refractivity contribution is -0.162. The van der Waals surface area contributed by atoms with Crippen molar-refractivity contribution in [1.82, 2.24) is 10.2 Å². The molecule has 192 valence electrons. The zero-order chi connectivity index (χ0) is 25.6. The molecule has 8 nitrogen and oxygen atoms in total. The first kappa shape index (κ1) is 25.6. The number of aliphatic hydroxyl groups excluding tert-OH is 1. The van der Waals surface area contributed by atoms with Crippen molar-refractivity contribution in [1.29, 1.82) is 0 Å². The van der Waals surface area contributed by atoms with Gasteiger partial charge in [-0.3, -0.25) is 14.4 Å². The number of rotatable bonds is 8. The van der Waals surface area contributed by atoms with E-state index >= 15 is 0 Å². The van der Waals surface area contributed by atoms with E-state index in [4.69, 9.17) is 9.47 Å². The highest BCUT2D eigenvalue weighted by atomic mass is 16.6. The highest BCUT2D eigenvalue weighted by Crippen LogP contribution is 2.64. The molecule has 3 heterocycles. The average Bonchev–Trinajstić information content (AvgIpc) is 3.41. The number of amides is 2. The van der Waals surface area contributed by atoms with Crippen LogP contribution in [0.1, 0.15) is 59.4 Å². The largest absolute Gasteiger partial charge is 0.466 e. The normalized spacial score (nSPS) is 32.5. The maximum atomic E-state index is 14.2. The van der Waals surface area contributed by atoms with Gasteiger partial charge in [-0.05, 0) is 58.9 Å². The van der Waals surface area contributed by atoms with Crippen LogP contribution in [-0.4, -0.2) is 69.8 Å². The summed E-state index contributed by atoms with van der Waals surface area (Å²) >= 11 is 0. The molecule has 3 aliphatic heterocycles. The van der Waals surface area contributed by atoms with Gasteiger partial charge in [-0.25, -0.2) is 0 Å². The summed E-state index contributed by atoms with van der Waals surface area (Å²) in [6, 6.07) is 7.99. The van der Waals surface area contributed by atoms with Gasteiger partial charge in [0, 0.05) is 5.54 Å². The standard InChI is InChI=1S/C27H38N2O6/c1-6-26-13-14-27(35-26)19(20(26)24(33)34-7-2)23(32)29(21(27)22(31)28-25(3,4)5)18(16-30)15-17-11-9-8-10-12-17/h8-12,18-21,30H,6-7,13-16H2,1-5H3,(H,28,31)/t18-,19+,20-,21?,26+,27?/m1/s1. The molecule has 8 heteroatoms. The van der Waals surface area contributed by atoms with Crippen molar-refractivity contribution in [2.75, 3.05) is 13.2 Å². The number of likely N-dealkylation sites (tertiary alicyclic amines) is 1. The molecular weight excluding hydrogens is 448 g/mol. The predicted octanol–water partition coefficient (Wildman–Crippen LogP) is 2.22. The van der Waals surface area contributed by atoms with Gasteiger partial charge in [-0.2, -0.15) is 0 Å². The molecule has 1 aromatic carbocycles. The second kappa shape index (κ2) is 9.21. The van der Waals surface area contributed by atoms with E-state index < -0.39 is 46.6 Å². The van der Waals surface area contributed by atoms with E-state index in [-0.39, 0.29) is 25.0 Å².